The molecule has 0 aliphatic rings. The summed E-state index contributed by atoms with van der Waals surface area (Å²) in [4.78, 5) is 0. The van der Waals surface area contributed by atoms with Crippen molar-refractivity contribution in [1.82, 2.24) is 0 Å². The summed E-state index contributed by atoms with van der Waals surface area (Å²) in [6, 6.07) is 0. The summed E-state index contributed by atoms with van der Waals surface area (Å²) in [5, 5.41) is 0. The summed E-state index contributed by atoms with van der Waals surface area (Å²) in [6.45, 7) is 3.13. The van der Waals surface area contributed by atoms with Gasteiger partial charge in [0.1, 0.15) is 8.77 Å². The van der Waals surface area contributed by atoms with Crippen LogP contribution in [0.4, 0.5) is 0 Å². The van der Waals surface area contributed by atoms with E-state index in [0.717, 1.165) is 0 Å². The fraction of sp³-hybridized carbons (Fsp3) is 0.500. The van der Waals surface area contributed by atoms with E-state index in [1.807, 2.05) is 0 Å². The van der Waals surface area contributed by atoms with Gasteiger partial charge in [0, 0.05) is 16.9 Å². The van der Waals surface area contributed by atoms with Gasteiger partial charge in [0.15, 0.2) is 0 Å². The molecule has 0 rings (SSSR count). The van der Waals surface area contributed by atoms with E-state index in [1.165, 1.54) is 0 Å². The molecule has 37 valence electrons. The van der Waals surface area contributed by atoms with E-state index in [-0.39, 0.29) is 5.75 Å². The molecular formula is C2H5O2S2. The quantitative estimate of drug-likeness (QED) is 0.537. The first-order valence-electron chi connectivity index (χ1n) is 1.30. The predicted octanol–water partition coefficient (Wildman–Crippen LogP) is 0.0398. The van der Waals surface area contributed by atoms with Gasteiger partial charge in [-0.05, 0) is 6.92 Å². The zero-order chi connectivity index (χ0) is 5.21. The molecule has 0 amide bonds. The highest BCUT2D eigenvalue weighted by molar-refractivity contribution is 8.29. The molecule has 0 bridgehead atoms. The van der Waals surface area contributed by atoms with E-state index < -0.39 is 8.77 Å². The van der Waals surface area contributed by atoms with Gasteiger partial charge < -0.3 is 4.55 Å². The van der Waals surface area contributed by atoms with Crippen LogP contribution in [-0.2, 0) is 20.0 Å². The zero-order valence-corrected chi connectivity index (χ0v) is 4.72. The first kappa shape index (κ1) is 6.33. The van der Waals surface area contributed by atoms with E-state index in [9.17, 15) is 4.21 Å². The topological polar surface area (TPSA) is 37.3 Å². The monoisotopic (exact) mass is 125 g/mol. The van der Waals surface area contributed by atoms with E-state index >= 15 is 0 Å². The van der Waals surface area contributed by atoms with Crippen LogP contribution in [0.2, 0.25) is 0 Å². The Hall–Kier alpha value is 0.330. The van der Waals surface area contributed by atoms with E-state index in [4.69, 9.17) is 4.55 Å². The van der Waals surface area contributed by atoms with E-state index in [1.54, 1.807) is 0 Å². The van der Waals surface area contributed by atoms with E-state index in [0.29, 0.717) is 0 Å². The number of rotatable bonds is 1. The number of hydrogen-bond acceptors (Lipinski definition) is 2. The van der Waals surface area contributed by atoms with Crippen molar-refractivity contribution in [2.24, 2.45) is 0 Å². The van der Waals surface area contributed by atoms with E-state index in [2.05, 4.69) is 18.1 Å². The van der Waals surface area contributed by atoms with Crippen LogP contribution in [-0.4, -0.2) is 14.5 Å². The maximum atomic E-state index is 9.86. The SMILES string of the molecule is [CH2]CS(=O)(O)=S. The highest BCUT2D eigenvalue weighted by Gasteiger charge is 1.88. The van der Waals surface area contributed by atoms with Crippen LogP contribution >= 0.6 is 0 Å². The molecule has 1 radical (unpaired) electrons. The lowest BCUT2D eigenvalue weighted by atomic mass is 11.0. The Kier molecular flexibility index (Phi) is 1.96. The van der Waals surface area contributed by atoms with Crippen LogP contribution in [0.5, 0.6) is 0 Å². The number of hydrogen-bond donors (Lipinski definition) is 1. The molecule has 0 heterocycles. The molecule has 0 aromatic heterocycles. The molecule has 0 aliphatic heterocycles. The molecule has 0 aromatic carbocycles. The first-order valence-corrected chi connectivity index (χ1v) is 3.91. The van der Waals surface area contributed by atoms with Crippen LogP contribution in [0.3, 0.4) is 0 Å². The lowest BCUT2D eigenvalue weighted by molar-refractivity contribution is 0.565. The fourth-order valence-electron chi connectivity index (χ4n) is 0. The second-order valence-corrected chi connectivity index (χ2v) is 3.92. The Labute approximate surface area is 42.1 Å². The maximum absolute atomic E-state index is 9.86. The third-order valence-corrected chi connectivity index (χ3v) is 1.27. The van der Waals surface area contributed by atoms with Crippen LogP contribution in [0.1, 0.15) is 0 Å². The molecule has 1 unspecified atom stereocenters. The molecule has 0 fully saturated rings. The minimum atomic E-state index is -2.94. The molecule has 0 spiro atoms. The van der Waals surface area contributed by atoms with Gasteiger partial charge in [0.2, 0.25) is 0 Å². The van der Waals surface area contributed by atoms with Gasteiger partial charge in [-0.2, -0.15) is 0 Å². The average Bonchev–Trinajstić information content (AvgIpc) is 1.35. The van der Waals surface area contributed by atoms with Crippen LogP contribution in [0.25, 0.3) is 0 Å². The summed E-state index contributed by atoms with van der Waals surface area (Å²) < 4.78 is 18.0. The summed E-state index contributed by atoms with van der Waals surface area (Å²) in [7, 11) is -2.94. The lowest BCUT2D eigenvalue weighted by Crippen LogP contribution is -1.96. The van der Waals surface area contributed by atoms with Crippen molar-refractivity contribution in [3.8, 4) is 0 Å². The minimum absolute atomic E-state index is 0.0810. The molecule has 0 saturated carbocycles. The molecule has 0 aliphatic carbocycles. The van der Waals surface area contributed by atoms with Crippen LogP contribution in [0, 0.1) is 6.92 Å². The van der Waals surface area contributed by atoms with Crippen molar-refractivity contribution >= 4 is 20.0 Å². The van der Waals surface area contributed by atoms with Gasteiger partial charge in [-0.25, -0.2) is 4.21 Å². The van der Waals surface area contributed by atoms with Crippen molar-refractivity contribution in [1.29, 1.82) is 0 Å². The van der Waals surface area contributed by atoms with Gasteiger partial charge >= 0.3 is 0 Å². The van der Waals surface area contributed by atoms with Crippen LogP contribution < -0.4 is 0 Å². The Morgan fingerprint density at radius 3 is 2.17 bits per heavy atom. The molecular weight excluding hydrogens is 120 g/mol. The smallest absolute Gasteiger partial charge is 0.141 e. The Morgan fingerprint density at radius 1 is 2.00 bits per heavy atom. The maximum Gasteiger partial charge on any atom is 0.141 e. The second-order valence-electron chi connectivity index (χ2n) is 0.786. The Bertz CT molecular complexity index is 112. The highest BCUT2D eigenvalue weighted by Crippen LogP contribution is 1.75. The predicted molar refractivity (Wildman–Crippen MR) is 28.4 cm³/mol. The third-order valence-electron chi connectivity index (χ3n) is 0.258. The van der Waals surface area contributed by atoms with Gasteiger partial charge in [-0.15, -0.1) is 0 Å². The summed E-state index contributed by atoms with van der Waals surface area (Å²) in [6.07, 6.45) is 0. The largest absolute Gasteiger partial charge is 0.306 e. The lowest BCUT2D eigenvalue weighted by Gasteiger charge is -1.84. The Balaban J connectivity index is 3.85. The van der Waals surface area contributed by atoms with Crippen molar-refractivity contribution < 1.29 is 8.76 Å². The Morgan fingerprint density at radius 2 is 2.17 bits per heavy atom. The first-order chi connectivity index (χ1) is 2.56. The van der Waals surface area contributed by atoms with Crippen molar-refractivity contribution in [2.75, 3.05) is 5.75 Å². The molecule has 2 nitrogen and oxygen atoms in total. The molecule has 1 atom stereocenters. The second kappa shape index (κ2) is 1.86. The summed E-state index contributed by atoms with van der Waals surface area (Å²) in [5.41, 5.74) is 0. The van der Waals surface area contributed by atoms with Gasteiger partial charge in [-0.3, -0.25) is 0 Å². The highest BCUT2D eigenvalue weighted by atomic mass is 32.8. The van der Waals surface area contributed by atoms with Gasteiger partial charge in [0.05, 0.1) is 0 Å². The molecule has 4 heteroatoms. The standard InChI is InChI=1S/C2H5O2S2/c1-2-6(3,4)5/h1-2H2,(H,3,4,5). The fourth-order valence-corrected chi connectivity index (χ4v) is 0. The molecule has 0 saturated heterocycles. The average molecular weight is 125 g/mol. The summed E-state index contributed by atoms with van der Waals surface area (Å²) >= 11 is 4.01. The van der Waals surface area contributed by atoms with Gasteiger partial charge in [-0.1, -0.05) is 0 Å². The van der Waals surface area contributed by atoms with Gasteiger partial charge in [0.25, 0.3) is 0 Å². The molecule has 1 N–H and O–H groups in total. The molecule has 0 aromatic rings. The summed E-state index contributed by atoms with van der Waals surface area (Å²) in [5.74, 6) is -0.0810. The van der Waals surface area contributed by atoms with Crippen molar-refractivity contribution in [3.63, 3.8) is 0 Å². The van der Waals surface area contributed by atoms with Crippen LogP contribution in [0.15, 0.2) is 0 Å². The molecule has 6 heavy (non-hydrogen) atoms. The van der Waals surface area contributed by atoms with Crippen molar-refractivity contribution in [3.05, 3.63) is 6.92 Å². The third kappa shape index (κ3) is 4.33. The minimum Gasteiger partial charge on any atom is -0.306 e. The normalized spacial score (nSPS) is 19.7. The van der Waals surface area contributed by atoms with Crippen molar-refractivity contribution in [2.45, 2.75) is 0 Å². The zero-order valence-electron chi connectivity index (χ0n) is 3.09.